The number of hydrogen-bond donors (Lipinski definition) is 2. The quantitative estimate of drug-likeness (QED) is 0.457. The maximum Gasteiger partial charge on any atom is 0.161 e. The van der Waals surface area contributed by atoms with Crippen molar-refractivity contribution in [3.8, 4) is 33.9 Å². The van der Waals surface area contributed by atoms with E-state index in [9.17, 15) is 4.39 Å². The number of fused-ring (bicyclic) bond motifs is 2. The Morgan fingerprint density at radius 2 is 1.81 bits per heavy atom. The lowest BCUT2D eigenvalue weighted by atomic mass is 10.1. The zero-order valence-corrected chi connectivity index (χ0v) is 16.3. The van der Waals surface area contributed by atoms with Crippen molar-refractivity contribution in [2.45, 2.75) is 0 Å². The van der Waals surface area contributed by atoms with Crippen molar-refractivity contribution < 1.29 is 4.39 Å². The van der Waals surface area contributed by atoms with E-state index in [2.05, 4.69) is 25.3 Å². The molecule has 0 spiro atoms. The van der Waals surface area contributed by atoms with Gasteiger partial charge in [-0.25, -0.2) is 14.4 Å². The third-order valence-electron chi connectivity index (χ3n) is 5.19. The van der Waals surface area contributed by atoms with Crippen LogP contribution in [-0.2, 0) is 7.05 Å². The molecule has 8 nitrogen and oxygen atoms in total. The van der Waals surface area contributed by atoms with Crippen LogP contribution in [0.3, 0.4) is 0 Å². The van der Waals surface area contributed by atoms with Crippen LogP contribution >= 0.6 is 0 Å². The van der Waals surface area contributed by atoms with Gasteiger partial charge in [0.1, 0.15) is 16.9 Å². The van der Waals surface area contributed by atoms with Crippen LogP contribution in [0.2, 0.25) is 0 Å². The Labute approximate surface area is 174 Å². The van der Waals surface area contributed by atoms with Gasteiger partial charge in [-0.05, 0) is 18.2 Å². The second kappa shape index (κ2) is 6.56. The van der Waals surface area contributed by atoms with E-state index < -0.39 is 0 Å². The predicted molar refractivity (Wildman–Crippen MR) is 114 cm³/mol. The Hall–Kier alpha value is -4.40. The molecule has 9 heteroatoms. The highest BCUT2D eigenvalue weighted by Gasteiger charge is 2.18. The van der Waals surface area contributed by atoms with Gasteiger partial charge in [-0.3, -0.25) is 14.8 Å². The van der Waals surface area contributed by atoms with Crippen LogP contribution in [0, 0.1) is 5.82 Å². The second-order valence-electron chi connectivity index (χ2n) is 7.22. The molecule has 0 saturated carbocycles. The Morgan fingerprint density at radius 3 is 2.65 bits per heavy atom. The lowest BCUT2D eigenvalue weighted by molar-refractivity contribution is 0.631. The number of imidazole rings is 1. The number of aromatic amines is 2. The van der Waals surface area contributed by atoms with Gasteiger partial charge in [-0.15, -0.1) is 0 Å². The van der Waals surface area contributed by atoms with E-state index in [1.54, 1.807) is 41.5 Å². The number of H-pyrrole nitrogens is 2. The average molecular weight is 410 g/mol. The van der Waals surface area contributed by atoms with Crippen LogP contribution in [0.1, 0.15) is 0 Å². The Kier molecular flexibility index (Phi) is 3.69. The van der Waals surface area contributed by atoms with E-state index in [4.69, 9.17) is 9.97 Å². The minimum absolute atomic E-state index is 0.325. The summed E-state index contributed by atoms with van der Waals surface area (Å²) in [6, 6.07) is 10.4. The summed E-state index contributed by atoms with van der Waals surface area (Å²) in [7, 11) is 1.86. The van der Waals surface area contributed by atoms with Gasteiger partial charge in [0.15, 0.2) is 11.5 Å². The smallest absolute Gasteiger partial charge is 0.161 e. The van der Waals surface area contributed by atoms with Crippen molar-refractivity contribution in [3.05, 3.63) is 67.0 Å². The monoisotopic (exact) mass is 410 g/mol. The Morgan fingerprint density at radius 1 is 0.903 bits per heavy atom. The SMILES string of the molecule is Cn1cc(-c2ccc3[nH]nc(-c4nc5c(-c6ccccc6F)cncc5[nH]4)c3n2)cn1. The topological polar surface area (TPSA) is 101 Å². The van der Waals surface area contributed by atoms with E-state index in [1.807, 2.05) is 25.4 Å². The number of nitrogens with one attached hydrogen (secondary N) is 2. The van der Waals surface area contributed by atoms with Crippen molar-refractivity contribution in [1.82, 2.24) is 39.9 Å². The molecule has 2 N–H and O–H groups in total. The summed E-state index contributed by atoms with van der Waals surface area (Å²) < 4.78 is 16.1. The normalized spacial score (nSPS) is 11.5. The molecule has 0 aliphatic heterocycles. The molecular weight excluding hydrogens is 395 g/mol. The van der Waals surface area contributed by atoms with Gasteiger partial charge < -0.3 is 4.98 Å². The molecule has 0 fully saturated rings. The molecule has 150 valence electrons. The fourth-order valence-corrected chi connectivity index (χ4v) is 3.70. The van der Waals surface area contributed by atoms with Crippen molar-refractivity contribution in [3.63, 3.8) is 0 Å². The van der Waals surface area contributed by atoms with Gasteiger partial charge in [-0.1, -0.05) is 18.2 Å². The maximum atomic E-state index is 14.4. The van der Waals surface area contributed by atoms with Gasteiger partial charge in [0.25, 0.3) is 0 Å². The summed E-state index contributed by atoms with van der Waals surface area (Å²) in [5.74, 6) is 0.206. The van der Waals surface area contributed by atoms with E-state index in [1.165, 1.54) is 6.07 Å². The summed E-state index contributed by atoms with van der Waals surface area (Å²) in [5.41, 5.74) is 6.11. The maximum absolute atomic E-state index is 14.4. The standard InChI is InChI=1S/C22H15FN8/c1-31-11-12(8-25-31)16-6-7-17-20(26-16)21(30-29-17)22-27-18-10-24-9-14(19(18)28-22)13-4-2-3-5-15(13)23/h2-11H,1H3,(H,27,28)(H,29,30). The molecule has 0 amide bonds. The van der Waals surface area contributed by atoms with E-state index in [0.29, 0.717) is 39.2 Å². The van der Waals surface area contributed by atoms with Crippen molar-refractivity contribution in [2.24, 2.45) is 7.05 Å². The van der Waals surface area contributed by atoms with Crippen LogP contribution in [-0.4, -0.2) is 39.9 Å². The number of benzene rings is 1. The minimum Gasteiger partial charge on any atom is -0.335 e. The largest absolute Gasteiger partial charge is 0.335 e. The molecular formula is C22H15FN8. The Bertz CT molecular complexity index is 1580. The van der Waals surface area contributed by atoms with Crippen molar-refractivity contribution in [2.75, 3.05) is 0 Å². The summed E-state index contributed by atoms with van der Waals surface area (Å²) in [5, 5.41) is 11.6. The first-order valence-electron chi connectivity index (χ1n) is 9.60. The lowest BCUT2D eigenvalue weighted by Gasteiger charge is -2.02. The molecule has 6 aromatic rings. The van der Waals surface area contributed by atoms with E-state index in [-0.39, 0.29) is 5.82 Å². The zero-order chi connectivity index (χ0) is 20.9. The average Bonchev–Trinajstić information content (AvgIpc) is 3.50. The third kappa shape index (κ3) is 2.78. The van der Waals surface area contributed by atoms with Crippen LogP contribution in [0.4, 0.5) is 4.39 Å². The summed E-state index contributed by atoms with van der Waals surface area (Å²) in [6.45, 7) is 0. The summed E-state index contributed by atoms with van der Waals surface area (Å²) in [6.07, 6.45) is 6.95. The minimum atomic E-state index is -0.325. The van der Waals surface area contributed by atoms with Crippen molar-refractivity contribution in [1.29, 1.82) is 0 Å². The number of rotatable bonds is 3. The molecule has 5 heterocycles. The predicted octanol–water partition coefficient (Wildman–Crippen LogP) is 4.10. The number of aryl methyl sites for hydroxylation is 1. The third-order valence-corrected chi connectivity index (χ3v) is 5.19. The van der Waals surface area contributed by atoms with Crippen LogP contribution < -0.4 is 0 Å². The molecule has 0 atom stereocenters. The highest BCUT2D eigenvalue weighted by Crippen LogP contribution is 2.32. The molecule has 0 saturated heterocycles. The molecule has 0 aliphatic rings. The molecule has 6 rings (SSSR count). The van der Waals surface area contributed by atoms with Gasteiger partial charge in [0, 0.05) is 36.1 Å². The van der Waals surface area contributed by atoms with E-state index >= 15 is 0 Å². The fourth-order valence-electron chi connectivity index (χ4n) is 3.70. The molecule has 5 aromatic heterocycles. The molecule has 0 radical (unpaired) electrons. The lowest BCUT2D eigenvalue weighted by Crippen LogP contribution is -1.87. The van der Waals surface area contributed by atoms with Gasteiger partial charge in [0.2, 0.25) is 0 Å². The molecule has 1 aromatic carbocycles. The Balaban J connectivity index is 1.52. The van der Waals surface area contributed by atoms with Gasteiger partial charge in [0.05, 0.1) is 29.1 Å². The van der Waals surface area contributed by atoms with Crippen molar-refractivity contribution >= 4 is 22.1 Å². The fraction of sp³-hybridized carbons (Fsp3) is 0.0455. The number of hydrogen-bond acceptors (Lipinski definition) is 5. The second-order valence-corrected chi connectivity index (χ2v) is 7.22. The summed E-state index contributed by atoms with van der Waals surface area (Å²) >= 11 is 0. The summed E-state index contributed by atoms with van der Waals surface area (Å²) in [4.78, 5) is 17.0. The number of nitrogens with zero attached hydrogens (tertiary/aromatic N) is 6. The first-order chi connectivity index (χ1) is 15.2. The van der Waals surface area contributed by atoms with Crippen LogP contribution in [0.5, 0.6) is 0 Å². The molecule has 0 unspecified atom stereocenters. The first-order valence-corrected chi connectivity index (χ1v) is 9.60. The zero-order valence-electron chi connectivity index (χ0n) is 16.3. The number of aromatic nitrogens is 8. The van der Waals surface area contributed by atoms with Gasteiger partial charge >= 0.3 is 0 Å². The molecule has 31 heavy (non-hydrogen) atoms. The first kappa shape index (κ1) is 17.5. The van der Waals surface area contributed by atoms with Crippen LogP contribution in [0.25, 0.3) is 56.0 Å². The number of halogens is 1. The van der Waals surface area contributed by atoms with Crippen LogP contribution in [0.15, 0.2) is 61.2 Å². The molecule has 0 aliphatic carbocycles. The van der Waals surface area contributed by atoms with E-state index in [0.717, 1.165) is 16.8 Å². The molecule has 0 bridgehead atoms. The highest BCUT2D eigenvalue weighted by molar-refractivity contribution is 5.95. The van der Waals surface area contributed by atoms with Gasteiger partial charge in [-0.2, -0.15) is 10.2 Å². The number of pyridine rings is 2. The highest BCUT2D eigenvalue weighted by atomic mass is 19.1.